The van der Waals surface area contributed by atoms with Crippen LogP contribution in [0.15, 0.2) is 72.8 Å². The minimum Gasteiger partial charge on any atom is -0.485 e. The molecule has 1 aliphatic carbocycles. The van der Waals surface area contributed by atoms with Gasteiger partial charge in [-0.05, 0) is 48.1 Å². The lowest BCUT2D eigenvalue weighted by atomic mass is 9.86. The van der Waals surface area contributed by atoms with Crippen LogP contribution in [0.5, 0.6) is 11.5 Å². The van der Waals surface area contributed by atoms with Gasteiger partial charge in [0.15, 0.2) is 17.6 Å². The van der Waals surface area contributed by atoms with Crippen molar-refractivity contribution in [2.75, 3.05) is 19.7 Å². The number of piperidine rings is 1. The standard InChI is InChI=1S/C29H26N2O4/c30-16-20-9-11-22(12-10-20)26-19-33-27-24(7-4-8-25(27)35-26)29-13-14-31(17-23(29)15-29)28(32)34-18-21-5-2-1-3-6-21/h1-12,23,26H,13-15,17-19H2/t23?,26-,29?/m0/s1. The zero-order valence-electron chi connectivity index (χ0n) is 19.4. The molecule has 1 saturated heterocycles. The molecule has 3 atom stereocenters. The number of hydrogen-bond donors (Lipinski definition) is 0. The van der Waals surface area contributed by atoms with E-state index in [-0.39, 0.29) is 17.6 Å². The Hall–Kier alpha value is -3.98. The summed E-state index contributed by atoms with van der Waals surface area (Å²) >= 11 is 0. The number of carbonyl (C=O) groups excluding carboxylic acids is 1. The van der Waals surface area contributed by atoms with Crippen molar-refractivity contribution in [1.82, 2.24) is 4.90 Å². The lowest BCUT2D eigenvalue weighted by Crippen LogP contribution is -2.41. The molecule has 0 N–H and O–H groups in total. The summed E-state index contributed by atoms with van der Waals surface area (Å²) in [5.41, 5.74) is 3.83. The monoisotopic (exact) mass is 466 g/mol. The third-order valence-corrected chi connectivity index (χ3v) is 7.54. The van der Waals surface area contributed by atoms with Crippen LogP contribution >= 0.6 is 0 Å². The second-order valence-corrected chi connectivity index (χ2v) is 9.58. The van der Waals surface area contributed by atoms with E-state index in [1.807, 2.05) is 59.5 Å². The number of likely N-dealkylation sites (tertiary alicyclic amines) is 1. The second kappa shape index (κ2) is 8.66. The lowest BCUT2D eigenvalue weighted by Gasteiger charge is -2.34. The van der Waals surface area contributed by atoms with Crippen molar-refractivity contribution in [3.63, 3.8) is 0 Å². The Morgan fingerprint density at radius 3 is 2.69 bits per heavy atom. The van der Waals surface area contributed by atoms with Crippen LogP contribution in [0.2, 0.25) is 0 Å². The zero-order chi connectivity index (χ0) is 23.8. The minimum atomic E-state index is -0.241. The largest absolute Gasteiger partial charge is 0.485 e. The fourth-order valence-corrected chi connectivity index (χ4v) is 5.49. The molecule has 3 aliphatic rings. The van der Waals surface area contributed by atoms with E-state index >= 15 is 0 Å². The van der Waals surface area contributed by atoms with Crippen molar-refractivity contribution in [3.8, 4) is 17.6 Å². The highest BCUT2D eigenvalue weighted by atomic mass is 16.6. The third-order valence-electron chi connectivity index (χ3n) is 7.54. The number of benzene rings is 3. The van der Waals surface area contributed by atoms with Crippen LogP contribution in [0.25, 0.3) is 0 Å². The molecule has 2 aliphatic heterocycles. The number of carbonyl (C=O) groups is 1. The maximum atomic E-state index is 12.7. The van der Waals surface area contributed by atoms with Gasteiger partial charge in [-0.3, -0.25) is 0 Å². The summed E-state index contributed by atoms with van der Waals surface area (Å²) in [7, 11) is 0. The fourth-order valence-electron chi connectivity index (χ4n) is 5.49. The van der Waals surface area contributed by atoms with Crippen LogP contribution in [-0.2, 0) is 16.8 Å². The molecule has 176 valence electrons. The third kappa shape index (κ3) is 3.97. The van der Waals surface area contributed by atoms with Gasteiger partial charge in [0.05, 0.1) is 11.6 Å². The first kappa shape index (κ1) is 21.5. The van der Waals surface area contributed by atoms with Crippen LogP contribution in [0, 0.1) is 17.2 Å². The van der Waals surface area contributed by atoms with Gasteiger partial charge >= 0.3 is 6.09 Å². The summed E-state index contributed by atoms with van der Waals surface area (Å²) in [4.78, 5) is 14.5. The summed E-state index contributed by atoms with van der Waals surface area (Å²) in [6, 6.07) is 25.5. The highest BCUT2D eigenvalue weighted by Gasteiger charge is 2.59. The van der Waals surface area contributed by atoms with Crippen molar-refractivity contribution in [2.45, 2.75) is 31.0 Å². The molecule has 1 amide bonds. The first-order chi connectivity index (χ1) is 17.2. The Morgan fingerprint density at radius 2 is 1.91 bits per heavy atom. The molecule has 2 fully saturated rings. The molecule has 6 heteroatoms. The van der Waals surface area contributed by atoms with Crippen LogP contribution in [0.4, 0.5) is 4.79 Å². The highest BCUT2D eigenvalue weighted by Crippen LogP contribution is 2.62. The van der Waals surface area contributed by atoms with Gasteiger partial charge < -0.3 is 19.1 Å². The van der Waals surface area contributed by atoms with E-state index in [0.29, 0.717) is 37.8 Å². The van der Waals surface area contributed by atoms with E-state index in [0.717, 1.165) is 35.5 Å². The molecule has 3 aromatic rings. The van der Waals surface area contributed by atoms with Crippen molar-refractivity contribution in [1.29, 1.82) is 5.26 Å². The molecular formula is C29H26N2O4. The van der Waals surface area contributed by atoms with Crippen molar-refractivity contribution >= 4 is 6.09 Å². The molecule has 0 radical (unpaired) electrons. The van der Waals surface area contributed by atoms with Gasteiger partial charge in [-0.15, -0.1) is 0 Å². The predicted octanol–water partition coefficient (Wildman–Crippen LogP) is 5.37. The molecular weight excluding hydrogens is 440 g/mol. The molecule has 35 heavy (non-hydrogen) atoms. The molecule has 0 bridgehead atoms. The van der Waals surface area contributed by atoms with E-state index in [9.17, 15) is 4.79 Å². The van der Waals surface area contributed by atoms with E-state index in [1.165, 1.54) is 5.56 Å². The van der Waals surface area contributed by atoms with Gasteiger partial charge in [0, 0.05) is 24.1 Å². The molecule has 2 heterocycles. The van der Waals surface area contributed by atoms with Gasteiger partial charge in [-0.1, -0.05) is 54.6 Å². The van der Waals surface area contributed by atoms with Crippen LogP contribution in [0.3, 0.4) is 0 Å². The molecule has 1 saturated carbocycles. The minimum absolute atomic E-state index is 0.0339. The van der Waals surface area contributed by atoms with E-state index in [1.54, 1.807) is 12.1 Å². The van der Waals surface area contributed by atoms with Crippen molar-refractivity contribution < 1.29 is 19.0 Å². The molecule has 0 spiro atoms. The van der Waals surface area contributed by atoms with Crippen molar-refractivity contribution in [3.05, 3.63) is 95.1 Å². The first-order valence-corrected chi connectivity index (χ1v) is 12.0. The highest BCUT2D eigenvalue weighted by molar-refractivity contribution is 5.68. The summed E-state index contributed by atoms with van der Waals surface area (Å²) < 4.78 is 18.2. The van der Waals surface area contributed by atoms with Crippen LogP contribution in [0.1, 0.15) is 41.2 Å². The number of amides is 1. The normalized spacial score (nSPS) is 24.1. The molecule has 6 nitrogen and oxygen atoms in total. The predicted molar refractivity (Wildman–Crippen MR) is 129 cm³/mol. The SMILES string of the molecule is N#Cc1ccc([C@@H]2COc3c(cccc3C34CCN(C(=O)OCc5ccccc5)CC3C4)O2)cc1. The number of hydrogen-bond acceptors (Lipinski definition) is 5. The Kier molecular flexibility index (Phi) is 5.33. The Morgan fingerprint density at radius 1 is 1.09 bits per heavy atom. The Bertz CT molecular complexity index is 1280. The van der Waals surface area contributed by atoms with E-state index < -0.39 is 0 Å². The number of ether oxygens (including phenoxy) is 3. The molecule has 2 unspecified atom stereocenters. The zero-order valence-corrected chi connectivity index (χ0v) is 19.4. The topological polar surface area (TPSA) is 71.8 Å². The molecule has 3 aromatic carbocycles. The number of para-hydroxylation sites is 1. The summed E-state index contributed by atoms with van der Waals surface area (Å²) in [5, 5.41) is 9.04. The summed E-state index contributed by atoms with van der Waals surface area (Å²) in [6.07, 6.45) is 1.47. The number of nitrogens with zero attached hydrogens (tertiary/aromatic N) is 2. The average molecular weight is 467 g/mol. The van der Waals surface area contributed by atoms with Gasteiger partial charge in [0.2, 0.25) is 0 Å². The lowest BCUT2D eigenvalue weighted by molar-refractivity contribution is 0.0820. The average Bonchev–Trinajstić information content (AvgIpc) is 3.66. The maximum Gasteiger partial charge on any atom is 0.410 e. The maximum absolute atomic E-state index is 12.7. The molecule has 0 aromatic heterocycles. The summed E-state index contributed by atoms with van der Waals surface area (Å²) in [5.74, 6) is 1.99. The Labute approximate surface area is 204 Å². The van der Waals surface area contributed by atoms with Crippen LogP contribution < -0.4 is 9.47 Å². The molecule has 6 rings (SSSR count). The second-order valence-electron chi connectivity index (χ2n) is 9.58. The number of nitriles is 1. The quantitative estimate of drug-likeness (QED) is 0.517. The van der Waals surface area contributed by atoms with Crippen LogP contribution in [-0.4, -0.2) is 30.7 Å². The van der Waals surface area contributed by atoms with Gasteiger partial charge in [-0.25, -0.2) is 4.79 Å². The Balaban J connectivity index is 1.13. The van der Waals surface area contributed by atoms with Gasteiger partial charge in [-0.2, -0.15) is 5.26 Å². The van der Waals surface area contributed by atoms with Gasteiger partial charge in [0.1, 0.15) is 13.2 Å². The fraction of sp³-hybridized carbons (Fsp3) is 0.310. The van der Waals surface area contributed by atoms with Gasteiger partial charge in [0.25, 0.3) is 0 Å². The van der Waals surface area contributed by atoms with E-state index in [2.05, 4.69) is 12.1 Å². The first-order valence-electron chi connectivity index (χ1n) is 12.0. The summed E-state index contributed by atoms with van der Waals surface area (Å²) in [6.45, 7) is 2.09. The number of rotatable bonds is 4. The number of fused-ring (bicyclic) bond motifs is 2. The van der Waals surface area contributed by atoms with E-state index in [4.69, 9.17) is 19.5 Å². The van der Waals surface area contributed by atoms with Crippen molar-refractivity contribution in [2.24, 2.45) is 5.92 Å². The smallest absolute Gasteiger partial charge is 0.410 e.